The third kappa shape index (κ3) is 7.75. The maximum atomic E-state index is 12.9. The van der Waals surface area contributed by atoms with Crippen molar-refractivity contribution in [1.82, 2.24) is 18.3 Å². The lowest BCUT2D eigenvalue weighted by atomic mass is 9.83. The molecule has 4 heterocycles. The van der Waals surface area contributed by atoms with Crippen LogP contribution in [-0.4, -0.2) is 18.3 Å². The van der Waals surface area contributed by atoms with Crippen molar-refractivity contribution >= 4 is 58.3 Å². The maximum absolute atomic E-state index is 12.9. The first-order valence-electron chi connectivity index (χ1n) is 31.4. The van der Waals surface area contributed by atoms with Gasteiger partial charge in [0.15, 0.2) is 0 Å². The van der Waals surface area contributed by atoms with Crippen molar-refractivity contribution in [3.05, 3.63) is 271 Å². The van der Waals surface area contributed by atoms with Gasteiger partial charge in [-0.25, -0.2) is 0 Å². The molecule has 4 aromatic heterocycles. The van der Waals surface area contributed by atoms with Crippen LogP contribution in [0.1, 0.15) is 135 Å². The van der Waals surface area contributed by atoms with Gasteiger partial charge in [-0.3, -0.25) is 0 Å². The van der Waals surface area contributed by atoms with Gasteiger partial charge in [-0.1, -0.05) is 158 Å². The van der Waals surface area contributed by atoms with Crippen LogP contribution in [0.2, 0.25) is 0 Å². The van der Waals surface area contributed by atoms with E-state index < -0.39 is 0 Å². The minimum atomic E-state index is 0.190. The van der Waals surface area contributed by atoms with Gasteiger partial charge in [0.25, 0.3) is 0 Å². The Morgan fingerprint density at radius 2 is 0.826 bits per heavy atom. The molecule has 0 N–H and O–H groups in total. The Kier molecular flexibility index (Phi) is 12.0. The summed E-state index contributed by atoms with van der Waals surface area (Å²) in [4.78, 5) is 0. The average molecular weight is 1110 g/mol. The normalized spacial score (nSPS) is 19.3. The van der Waals surface area contributed by atoms with Gasteiger partial charge in [0, 0.05) is 62.7 Å². The van der Waals surface area contributed by atoms with Gasteiger partial charge >= 0.3 is 0 Å². The number of hydrogen-bond donors (Lipinski definition) is 0. The van der Waals surface area contributed by atoms with Crippen molar-refractivity contribution in [3.63, 3.8) is 0 Å². The van der Waals surface area contributed by atoms with Crippen molar-refractivity contribution in [3.8, 4) is 46.0 Å². The summed E-state index contributed by atoms with van der Waals surface area (Å²) in [6, 6.07) is 43.6. The molecule has 0 radical (unpaired) electrons. The highest BCUT2D eigenvalue weighted by Gasteiger charge is 2.40. The first kappa shape index (κ1) is 50.6. The van der Waals surface area contributed by atoms with Crippen LogP contribution in [0.3, 0.4) is 0 Å². The van der Waals surface area contributed by atoms with E-state index in [1.165, 1.54) is 60.9 Å². The van der Waals surface area contributed by atoms with E-state index in [-0.39, 0.29) is 17.8 Å². The summed E-state index contributed by atoms with van der Waals surface area (Å²) in [5.74, 6) is 0.633. The molecule has 0 spiro atoms. The van der Waals surface area contributed by atoms with Crippen LogP contribution < -0.4 is 0 Å². The van der Waals surface area contributed by atoms with E-state index in [4.69, 9.17) is 0 Å². The van der Waals surface area contributed by atoms with Gasteiger partial charge in [-0.2, -0.15) is 10.5 Å². The predicted octanol–water partition coefficient (Wildman–Crippen LogP) is 18.7. The largest absolute Gasteiger partial charge is 0.307 e. The summed E-state index contributed by atoms with van der Waals surface area (Å²) in [6.07, 6.45) is 54.5. The van der Waals surface area contributed by atoms with Crippen LogP contribution in [0.25, 0.3) is 92.1 Å². The number of hydrogen-bond acceptors (Lipinski definition) is 2. The molecule has 0 saturated carbocycles. The van der Waals surface area contributed by atoms with Crippen LogP contribution in [0, 0.1) is 34.5 Å². The zero-order valence-electron chi connectivity index (χ0n) is 48.3. The van der Waals surface area contributed by atoms with E-state index >= 15 is 0 Å². The number of nitriles is 2. The van der Waals surface area contributed by atoms with Gasteiger partial charge in [0.2, 0.25) is 0 Å². The number of rotatable bonds is 8. The molecule has 414 valence electrons. The molecule has 3 atom stereocenters. The fourth-order valence-corrected chi connectivity index (χ4v) is 16.2. The molecule has 9 aromatic rings. The Morgan fingerprint density at radius 3 is 1.44 bits per heavy atom. The highest BCUT2D eigenvalue weighted by molar-refractivity contribution is 6.00. The van der Waals surface area contributed by atoms with E-state index in [1.807, 2.05) is 0 Å². The maximum Gasteiger partial charge on any atom is 0.104 e. The van der Waals surface area contributed by atoms with E-state index in [0.717, 1.165) is 157 Å². The Labute approximate surface area is 503 Å². The second-order valence-corrected chi connectivity index (χ2v) is 24.6. The van der Waals surface area contributed by atoms with E-state index in [9.17, 15) is 10.5 Å². The van der Waals surface area contributed by atoms with Crippen molar-refractivity contribution in [1.29, 1.82) is 10.5 Å². The lowest BCUT2D eigenvalue weighted by molar-refractivity contribution is 0.740. The highest BCUT2D eigenvalue weighted by Crippen LogP contribution is 2.52. The Bertz CT molecular complexity index is 4800. The molecular weight excluding hydrogens is 1040 g/mol. The van der Waals surface area contributed by atoms with Gasteiger partial charge in [-0.05, 0) is 199 Å². The van der Waals surface area contributed by atoms with Crippen LogP contribution in [0.5, 0.6) is 0 Å². The highest BCUT2D eigenvalue weighted by atomic mass is 15.1. The van der Waals surface area contributed by atoms with Gasteiger partial charge in [0.1, 0.15) is 23.3 Å². The average Bonchev–Trinajstić information content (AvgIpc) is 1.48. The SMILES string of the molecule is N#Cc1c(-n2c3c(c4c2C=CC(C2=CCCC=C2)C4)CCC=C3)c(C#N)c(-n2c3c(c4cc(-c5ccccc5)ccc42)CCC=C3)c(-n2c3c(c4ccccc42)CC(C2=CCCC=C2)C=C3)c1-n1c2c(c3c1C=CC(c1ccccc1)C3)CCC=C2. The van der Waals surface area contributed by atoms with Crippen LogP contribution in [-0.2, 0) is 38.5 Å². The van der Waals surface area contributed by atoms with Gasteiger partial charge in [-0.15, -0.1) is 0 Å². The third-order valence-corrected chi connectivity index (χ3v) is 20.1. The molecule has 6 nitrogen and oxygen atoms in total. The van der Waals surface area contributed by atoms with Crippen molar-refractivity contribution in [2.75, 3.05) is 0 Å². The van der Waals surface area contributed by atoms with Gasteiger partial charge in [0.05, 0.1) is 33.8 Å². The van der Waals surface area contributed by atoms with Crippen LogP contribution in [0.4, 0.5) is 0 Å². The standard InChI is InChI=1S/C80H64N6/c81-49-67-77(83-69-33-17-13-29-59(69)63-45-55(37-41-73(63)83)51-21-5-1-6-22-51)68(50-82)79(85-71-35-19-15-31-61(71)65-47-57(39-43-75(65)85)53-25-9-3-10-26-53)80(86-72-36-20-16-32-62(72)66-48-58(40-44-76(66)86)54-27-11-4-12-28-54)78(67)84-70-34-18-14-30-60(70)64-46-56(38-42-74(64)84)52-23-7-2-8-24-52/h2-3,5,7-11,16-28,32-44,46,55,57-58H,1,4,6,12-15,29-31,45,47-48H2. The molecule has 0 fully saturated rings. The predicted molar refractivity (Wildman–Crippen MR) is 353 cm³/mol. The number of allylic oxidation sites excluding steroid dienone is 14. The Hall–Kier alpha value is -9.88. The van der Waals surface area contributed by atoms with Crippen molar-refractivity contribution < 1.29 is 0 Å². The summed E-state index contributed by atoms with van der Waals surface area (Å²) >= 11 is 0. The number of aromatic nitrogens is 4. The topological polar surface area (TPSA) is 67.3 Å². The quantitative estimate of drug-likeness (QED) is 0.152. The first-order valence-corrected chi connectivity index (χ1v) is 31.4. The smallest absolute Gasteiger partial charge is 0.104 e. The second-order valence-electron chi connectivity index (χ2n) is 24.6. The van der Waals surface area contributed by atoms with Crippen LogP contribution in [0.15, 0.2) is 187 Å². The molecule has 5 aromatic carbocycles. The number of benzene rings is 5. The summed E-state index contributed by atoms with van der Waals surface area (Å²) in [5, 5.41) is 28.1. The summed E-state index contributed by atoms with van der Waals surface area (Å²) in [5.41, 5.74) is 26.8. The monoisotopic (exact) mass is 1110 g/mol. The van der Waals surface area contributed by atoms with Crippen LogP contribution >= 0.6 is 0 Å². The molecule has 17 rings (SSSR count). The van der Waals surface area contributed by atoms with E-state index in [2.05, 4.69) is 243 Å². The number of para-hydroxylation sites is 1. The summed E-state index contributed by atoms with van der Waals surface area (Å²) in [7, 11) is 0. The van der Waals surface area contributed by atoms with Crippen molar-refractivity contribution in [2.45, 2.75) is 89.4 Å². The second kappa shape index (κ2) is 20.4. The number of aryl methyl sites for hydroxylation is 1. The summed E-state index contributed by atoms with van der Waals surface area (Å²) in [6.45, 7) is 0. The minimum Gasteiger partial charge on any atom is -0.307 e. The molecule has 8 aliphatic carbocycles. The lowest BCUT2D eigenvalue weighted by Crippen LogP contribution is -2.21. The first-order chi connectivity index (χ1) is 42.6. The molecule has 0 saturated heterocycles. The zero-order chi connectivity index (χ0) is 57.0. The summed E-state index contributed by atoms with van der Waals surface area (Å²) < 4.78 is 9.80. The Balaban J connectivity index is 1.06. The number of nitrogens with zero attached hydrogens (tertiary/aromatic N) is 6. The fraction of sp³-hybridized carbons (Fsp3) is 0.200. The number of fused-ring (bicyclic) bond motifs is 12. The van der Waals surface area contributed by atoms with Gasteiger partial charge < -0.3 is 18.3 Å². The molecule has 0 amide bonds. The third-order valence-electron chi connectivity index (χ3n) is 20.1. The molecule has 6 heteroatoms. The zero-order valence-corrected chi connectivity index (χ0v) is 48.3. The Morgan fingerprint density at radius 1 is 0.349 bits per heavy atom. The molecule has 0 aliphatic heterocycles. The van der Waals surface area contributed by atoms with E-state index in [1.54, 1.807) is 0 Å². The molecule has 8 aliphatic rings. The van der Waals surface area contributed by atoms with E-state index in [0.29, 0.717) is 16.8 Å². The fourth-order valence-electron chi connectivity index (χ4n) is 16.2. The lowest BCUT2D eigenvalue weighted by Gasteiger charge is -2.30. The molecule has 86 heavy (non-hydrogen) atoms. The molecule has 3 unspecified atom stereocenters. The van der Waals surface area contributed by atoms with Crippen molar-refractivity contribution in [2.24, 2.45) is 11.8 Å². The molecular formula is C80H64N6. The molecule has 0 bridgehead atoms. The minimum absolute atomic E-state index is 0.190.